The molecule has 26 heavy (non-hydrogen) atoms. The lowest BCUT2D eigenvalue weighted by Crippen LogP contribution is -2.09. The lowest BCUT2D eigenvalue weighted by Gasteiger charge is -2.09. The van der Waals surface area contributed by atoms with Crippen LogP contribution in [0.2, 0.25) is 0 Å². The zero-order chi connectivity index (χ0) is 18.7. The third-order valence-corrected chi connectivity index (χ3v) is 3.86. The third-order valence-electron chi connectivity index (χ3n) is 3.86. The quantitative estimate of drug-likeness (QED) is 0.774. The van der Waals surface area contributed by atoms with Crippen molar-refractivity contribution < 1.29 is 28.9 Å². The maximum Gasteiger partial charge on any atom is 0.341 e. The van der Waals surface area contributed by atoms with E-state index in [4.69, 9.17) is 19.3 Å². The molecule has 1 heterocycles. The van der Waals surface area contributed by atoms with E-state index in [2.05, 4.69) is 5.32 Å². The number of carbonyl (C=O) groups excluding carboxylic acids is 1. The number of hydrogen-bond acceptors (Lipinski definition) is 5. The summed E-state index contributed by atoms with van der Waals surface area (Å²) in [7, 11) is 3.07. The fourth-order valence-corrected chi connectivity index (χ4v) is 2.63. The number of anilines is 1. The Morgan fingerprint density at radius 3 is 2.38 bits per heavy atom. The molecule has 0 radical (unpaired) electrons. The number of methoxy groups -OCH3 is 2. The summed E-state index contributed by atoms with van der Waals surface area (Å²) < 4.78 is 15.6. The number of benzene rings is 2. The van der Waals surface area contributed by atoms with Gasteiger partial charge in [0.15, 0.2) is 18.1 Å². The van der Waals surface area contributed by atoms with Gasteiger partial charge in [-0.1, -0.05) is 12.1 Å². The summed E-state index contributed by atoms with van der Waals surface area (Å²) in [5.74, 6) is 0.248. The molecule has 7 heteroatoms. The molecule has 1 aliphatic heterocycles. The number of carbonyl (C=O) groups is 2. The average molecular weight is 355 g/mol. The van der Waals surface area contributed by atoms with Gasteiger partial charge in [0.05, 0.1) is 19.9 Å². The van der Waals surface area contributed by atoms with E-state index in [1.54, 1.807) is 42.5 Å². The predicted molar refractivity (Wildman–Crippen MR) is 95.6 cm³/mol. The van der Waals surface area contributed by atoms with Crippen molar-refractivity contribution in [2.45, 2.75) is 0 Å². The van der Waals surface area contributed by atoms with Crippen molar-refractivity contribution in [1.82, 2.24) is 0 Å². The van der Waals surface area contributed by atoms with Crippen molar-refractivity contribution in [3.05, 3.63) is 47.5 Å². The summed E-state index contributed by atoms with van der Waals surface area (Å²) in [5.41, 5.74) is 2.65. The number of hydrogen-bond donors (Lipinski definition) is 2. The monoisotopic (exact) mass is 355 g/mol. The Bertz CT molecular complexity index is 886. The van der Waals surface area contributed by atoms with Crippen molar-refractivity contribution in [1.29, 1.82) is 0 Å². The van der Waals surface area contributed by atoms with Gasteiger partial charge in [-0.05, 0) is 29.8 Å². The fourth-order valence-electron chi connectivity index (χ4n) is 2.63. The summed E-state index contributed by atoms with van der Waals surface area (Å²) in [6.07, 6.45) is 1.74. The first kappa shape index (κ1) is 17.3. The van der Waals surface area contributed by atoms with E-state index in [0.717, 1.165) is 11.1 Å². The molecular formula is C19H17NO6. The first-order chi connectivity index (χ1) is 12.5. The molecule has 0 aliphatic carbocycles. The van der Waals surface area contributed by atoms with Crippen LogP contribution >= 0.6 is 0 Å². The molecule has 2 N–H and O–H groups in total. The van der Waals surface area contributed by atoms with E-state index >= 15 is 0 Å². The van der Waals surface area contributed by atoms with Gasteiger partial charge < -0.3 is 24.6 Å². The zero-order valence-electron chi connectivity index (χ0n) is 14.2. The Balaban J connectivity index is 1.90. The number of aliphatic carboxylic acids is 1. The largest absolute Gasteiger partial charge is 0.493 e. The van der Waals surface area contributed by atoms with E-state index in [1.807, 2.05) is 0 Å². The van der Waals surface area contributed by atoms with Gasteiger partial charge in [0, 0.05) is 17.2 Å². The van der Waals surface area contributed by atoms with Gasteiger partial charge in [0.1, 0.15) is 5.75 Å². The van der Waals surface area contributed by atoms with Crippen molar-refractivity contribution in [3.8, 4) is 17.2 Å². The molecule has 0 spiro atoms. The lowest BCUT2D eigenvalue weighted by atomic mass is 10.0. The standard InChI is InChI=1S/C19H17NO6/c1-24-16-8-13-14(19(23)20-15(13)9-17(16)25-2)7-11-3-5-12(6-4-11)26-10-18(21)22/h3-9H,10H2,1-2H3,(H,20,23)(H,21,22). The molecular weight excluding hydrogens is 338 g/mol. The van der Waals surface area contributed by atoms with Crippen LogP contribution < -0.4 is 19.5 Å². The Hall–Kier alpha value is -3.48. The fraction of sp³-hybridized carbons (Fsp3) is 0.158. The van der Waals surface area contributed by atoms with Crippen LogP contribution in [0.5, 0.6) is 17.2 Å². The topological polar surface area (TPSA) is 94.1 Å². The molecule has 0 bridgehead atoms. The average Bonchev–Trinajstić information content (AvgIpc) is 2.94. The van der Waals surface area contributed by atoms with Gasteiger partial charge in [-0.15, -0.1) is 0 Å². The Labute approximate surface area is 149 Å². The first-order valence-corrected chi connectivity index (χ1v) is 7.76. The van der Waals surface area contributed by atoms with E-state index in [0.29, 0.717) is 28.5 Å². The van der Waals surface area contributed by atoms with E-state index < -0.39 is 12.6 Å². The maximum absolute atomic E-state index is 12.3. The molecule has 2 aromatic rings. The summed E-state index contributed by atoms with van der Waals surface area (Å²) in [6, 6.07) is 10.3. The second-order valence-corrected chi connectivity index (χ2v) is 5.52. The second-order valence-electron chi connectivity index (χ2n) is 5.52. The van der Waals surface area contributed by atoms with Gasteiger partial charge >= 0.3 is 5.97 Å². The number of carboxylic acids is 1. The van der Waals surface area contributed by atoms with Crippen LogP contribution in [0.4, 0.5) is 5.69 Å². The highest BCUT2D eigenvalue weighted by molar-refractivity contribution is 6.35. The second kappa shape index (κ2) is 7.18. The number of rotatable bonds is 6. The van der Waals surface area contributed by atoms with Crippen LogP contribution in [-0.4, -0.2) is 37.8 Å². The van der Waals surface area contributed by atoms with Gasteiger partial charge in [0.25, 0.3) is 5.91 Å². The number of nitrogens with one attached hydrogen (secondary N) is 1. The summed E-state index contributed by atoms with van der Waals surface area (Å²) in [4.78, 5) is 22.9. The molecule has 1 aliphatic rings. The normalized spacial score (nSPS) is 13.9. The van der Waals surface area contributed by atoms with E-state index in [9.17, 15) is 9.59 Å². The molecule has 134 valence electrons. The number of amides is 1. The molecule has 0 saturated heterocycles. The molecule has 0 saturated carbocycles. The molecule has 0 unspecified atom stereocenters. The number of fused-ring (bicyclic) bond motifs is 1. The van der Waals surface area contributed by atoms with Crippen LogP contribution in [0.25, 0.3) is 11.6 Å². The molecule has 0 fully saturated rings. The van der Waals surface area contributed by atoms with Crippen molar-refractivity contribution in [3.63, 3.8) is 0 Å². The summed E-state index contributed by atoms with van der Waals surface area (Å²) in [6.45, 7) is -0.405. The minimum absolute atomic E-state index is 0.221. The maximum atomic E-state index is 12.3. The Morgan fingerprint density at radius 1 is 1.12 bits per heavy atom. The van der Waals surface area contributed by atoms with Crippen LogP contribution in [0.1, 0.15) is 11.1 Å². The van der Waals surface area contributed by atoms with Crippen LogP contribution in [-0.2, 0) is 9.59 Å². The van der Waals surface area contributed by atoms with Gasteiger partial charge in [0.2, 0.25) is 0 Å². The lowest BCUT2D eigenvalue weighted by molar-refractivity contribution is -0.139. The molecule has 1 amide bonds. The highest BCUT2D eigenvalue weighted by Gasteiger charge is 2.26. The predicted octanol–water partition coefficient (Wildman–Crippen LogP) is 2.66. The van der Waals surface area contributed by atoms with E-state index in [1.165, 1.54) is 14.2 Å². The molecule has 0 atom stereocenters. The van der Waals surface area contributed by atoms with Gasteiger partial charge in [-0.25, -0.2) is 4.79 Å². The summed E-state index contributed by atoms with van der Waals surface area (Å²) in [5, 5.41) is 11.4. The first-order valence-electron chi connectivity index (χ1n) is 7.76. The van der Waals surface area contributed by atoms with Crippen molar-refractivity contribution in [2.24, 2.45) is 0 Å². The molecule has 3 rings (SSSR count). The molecule has 2 aromatic carbocycles. The zero-order valence-corrected chi connectivity index (χ0v) is 14.2. The van der Waals surface area contributed by atoms with Gasteiger partial charge in [-0.2, -0.15) is 0 Å². The Morgan fingerprint density at radius 2 is 1.77 bits per heavy atom. The minimum Gasteiger partial charge on any atom is -0.493 e. The van der Waals surface area contributed by atoms with Crippen LogP contribution in [0, 0.1) is 0 Å². The highest BCUT2D eigenvalue weighted by atomic mass is 16.5. The number of ether oxygens (including phenoxy) is 3. The van der Waals surface area contributed by atoms with Crippen LogP contribution in [0.15, 0.2) is 36.4 Å². The smallest absolute Gasteiger partial charge is 0.341 e. The Kier molecular flexibility index (Phi) is 4.79. The van der Waals surface area contributed by atoms with Gasteiger partial charge in [-0.3, -0.25) is 4.79 Å². The van der Waals surface area contributed by atoms with Crippen molar-refractivity contribution >= 4 is 29.2 Å². The van der Waals surface area contributed by atoms with Crippen LogP contribution in [0.3, 0.4) is 0 Å². The molecule has 0 aromatic heterocycles. The number of carboxylic acid groups (broad SMARTS) is 1. The minimum atomic E-state index is -1.04. The highest BCUT2D eigenvalue weighted by Crippen LogP contribution is 2.41. The van der Waals surface area contributed by atoms with Crippen molar-refractivity contribution in [2.75, 3.05) is 26.1 Å². The molecule has 7 nitrogen and oxygen atoms in total. The SMILES string of the molecule is COc1cc2c(cc1OC)C(=Cc1ccc(OCC(=O)O)cc1)C(=O)N2. The third kappa shape index (κ3) is 3.46. The summed E-state index contributed by atoms with van der Waals surface area (Å²) >= 11 is 0. The van der Waals surface area contributed by atoms with E-state index in [-0.39, 0.29) is 5.91 Å².